The van der Waals surface area contributed by atoms with Gasteiger partial charge < -0.3 is 25.5 Å². The largest absolute Gasteiger partial charge is 0.458 e. The topological polar surface area (TPSA) is 215 Å². The number of nitro groups is 1. The molecular formula is C23H22ClN7O8S. The van der Waals surface area contributed by atoms with Crippen LogP contribution in [0, 0.1) is 21.4 Å². The average molecular weight is 592 g/mol. The molecule has 3 amide bonds. The van der Waals surface area contributed by atoms with Crippen LogP contribution < -0.4 is 16.0 Å². The minimum Gasteiger partial charge on any atom is -0.458 e. The Kier molecular flexibility index (Phi) is 9.69. The molecule has 1 aromatic heterocycles. The van der Waals surface area contributed by atoms with Gasteiger partial charge in [-0.3, -0.25) is 24.5 Å². The van der Waals surface area contributed by atoms with Crippen LogP contribution >= 0.6 is 22.9 Å². The van der Waals surface area contributed by atoms with Crippen LogP contribution in [0.2, 0.25) is 0 Å². The second kappa shape index (κ2) is 13.0. The number of nitriles is 1. The summed E-state index contributed by atoms with van der Waals surface area (Å²) in [4.78, 5) is 69.1. The standard InChI is InChI=1S/C23H22ClN7O8S/c1-23(2,21(35)38-10-12-3-5-13(6-4-12)31(36)37)39-30-18(15-11-40-22(27-15)28-16(32)9-24)20(34)29-17-14(7-8-25)26-19(17)33/h3-6,11,14,17H,7,9-10H2,1-2H3,(H,26,33)(H,29,34)(H,27,28,32)/t14-,17+/m1/s1. The van der Waals surface area contributed by atoms with E-state index in [0.717, 1.165) is 11.3 Å². The Morgan fingerprint density at radius 2 is 2.02 bits per heavy atom. The van der Waals surface area contributed by atoms with Gasteiger partial charge in [-0.25, -0.2) is 9.78 Å². The second-order valence-electron chi connectivity index (χ2n) is 8.69. The molecule has 2 heterocycles. The van der Waals surface area contributed by atoms with Crippen molar-refractivity contribution in [3.05, 3.63) is 51.0 Å². The summed E-state index contributed by atoms with van der Waals surface area (Å²) in [6, 6.07) is 5.68. The van der Waals surface area contributed by atoms with Crippen molar-refractivity contribution in [2.75, 3.05) is 11.2 Å². The number of hydrogen-bond donors (Lipinski definition) is 3. The number of non-ortho nitro benzene ring substituents is 1. The Morgan fingerprint density at radius 3 is 2.62 bits per heavy atom. The highest BCUT2D eigenvalue weighted by molar-refractivity contribution is 7.14. The van der Waals surface area contributed by atoms with Crippen LogP contribution in [0.1, 0.15) is 31.5 Å². The Labute approximate surface area is 235 Å². The third-order valence-electron chi connectivity index (χ3n) is 5.31. The molecule has 0 aliphatic carbocycles. The first-order valence-electron chi connectivity index (χ1n) is 11.4. The highest BCUT2D eigenvalue weighted by atomic mass is 35.5. The first-order valence-corrected chi connectivity index (χ1v) is 12.8. The van der Waals surface area contributed by atoms with Crippen LogP contribution in [0.5, 0.6) is 0 Å². The lowest BCUT2D eigenvalue weighted by atomic mass is 9.96. The number of esters is 1. The zero-order chi connectivity index (χ0) is 29.4. The minimum absolute atomic E-state index is 0.0426. The van der Waals surface area contributed by atoms with Gasteiger partial charge in [0.2, 0.25) is 17.4 Å². The number of amides is 3. The normalized spacial score (nSPS) is 16.6. The first kappa shape index (κ1) is 29.9. The molecule has 1 aromatic carbocycles. The molecule has 0 radical (unpaired) electrons. The summed E-state index contributed by atoms with van der Waals surface area (Å²) in [5.41, 5.74) is -1.81. The number of β-lactam (4-membered cyclic amide) rings is 1. The molecule has 0 spiro atoms. The van der Waals surface area contributed by atoms with E-state index >= 15 is 0 Å². The summed E-state index contributed by atoms with van der Waals surface area (Å²) >= 11 is 6.45. The fourth-order valence-electron chi connectivity index (χ4n) is 3.12. The van der Waals surface area contributed by atoms with Crippen LogP contribution in [-0.2, 0) is 35.4 Å². The number of nitro benzene ring substituents is 1. The number of alkyl halides is 1. The van der Waals surface area contributed by atoms with E-state index in [0.29, 0.717) is 5.56 Å². The number of halogens is 1. The number of aromatic nitrogens is 1. The van der Waals surface area contributed by atoms with Gasteiger partial charge in [-0.2, -0.15) is 5.26 Å². The summed E-state index contributed by atoms with van der Waals surface area (Å²) in [6.07, 6.45) is -0.0431. The zero-order valence-electron chi connectivity index (χ0n) is 21.0. The molecule has 1 saturated heterocycles. The van der Waals surface area contributed by atoms with E-state index in [-0.39, 0.29) is 35.4 Å². The highest BCUT2D eigenvalue weighted by Gasteiger charge is 2.41. The molecule has 0 saturated carbocycles. The molecule has 1 fully saturated rings. The number of benzene rings is 1. The summed E-state index contributed by atoms with van der Waals surface area (Å²) in [6.45, 7) is 2.45. The maximum Gasteiger partial charge on any atom is 0.353 e. The number of oxime groups is 1. The van der Waals surface area contributed by atoms with Crippen LogP contribution in [0.3, 0.4) is 0 Å². The van der Waals surface area contributed by atoms with Gasteiger partial charge in [0.05, 0.1) is 23.5 Å². The number of nitrogens with zero attached hydrogens (tertiary/aromatic N) is 4. The Morgan fingerprint density at radius 1 is 1.32 bits per heavy atom. The number of rotatable bonds is 12. The molecule has 3 N–H and O–H groups in total. The van der Waals surface area contributed by atoms with Gasteiger partial charge in [0.1, 0.15) is 24.2 Å². The lowest BCUT2D eigenvalue weighted by Gasteiger charge is -2.35. The number of carbonyl (C=O) groups is 4. The maximum atomic E-state index is 13.1. The monoisotopic (exact) mass is 591 g/mol. The van der Waals surface area contributed by atoms with Gasteiger partial charge in [0.15, 0.2) is 10.8 Å². The Balaban J connectivity index is 1.76. The SMILES string of the molecule is CC(C)(ON=C(C(=O)N[C@@H]1C(=O)N[C@@H]1CC#N)c1csc(NC(=O)CCl)n1)C(=O)OCc1ccc([N+](=O)[O-])cc1. The van der Waals surface area contributed by atoms with Crippen molar-refractivity contribution in [1.29, 1.82) is 5.26 Å². The van der Waals surface area contributed by atoms with Gasteiger partial charge in [-0.05, 0) is 31.5 Å². The van der Waals surface area contributed by atoms with E-state index in [1.165, 1.54) is 43.5 Å². The third-order valence-corrected chi connectivity index (χ3v) is 6.31. The number of hydrogen-bond acceptors (Lipinski definition) is 12. The fourth-order valence-corrected chi connectivity index (χ4v) is 3.89. The molecule has 210 valence electrons. The summed E-state index contributed by atoms with van der Waals surface area (Å²) in [7, 11) is 0. The third kappa shape index (κ3) is 7.48. The van der Waals surface area contributed by atoms with Crippen molar-refractivity contribution < 1.29 is 33.7 Å². The van der Waals surface area contributed by atoms with E-state index < -0.39 is 52.0 Å². The molecule has 3 rings (SSSR count). The summed E-state index contributed by atoms with van der Waals surface area (Å²) in [5.74, 6) is -3.12. The van der Waals surface area contributed by atoms with Crippen molar-refractivity contribution in [3.63, 3.8) is 0 Å². The number of thiazole rings is 1. The van der Waals surface area contributed by atoms with Gasteiger partial charge in [-0.1, -0.05) is 5.16 Å². The zero-order valence-corrected chi connectivity index (χ0v) is 22.6. The minimum atomic E-state index is -1.71. The fraction of sp³-hybridized carbons (Fsp3) is 0.348. The predicted octanol–water partition coefficient (Wildman–Crippen LogP) is 1.37. The van der Waals surface area contributed by atoms with E-state index in [1.54, 1.807) is 0 Å². The van der Waals surface area contributed by atoms with E-state index in [2.05, 4.69) is 26.1 Å². The smallest absolute Gasteiger partial charge is 0.353 e. The molecular weight excluding hydrogens is 570 g/mol. The maximum absolute atomic E-state index is 13.1. The van der Waals surface area contributed by atoms with E-state index in [1.807, 2.05) is 6.07 Å². The van der Waals surface area contributed by atoms with Crippen molar-refractivity contribution >= 4 is 63.2 Å². The number of anilines is 1. The van der Waals surface area contributed by atoms with Crippen LogP contribution in [0.15, 0.2) is 34.8 Å². The number of ether oxygens (including phenoxy) is 1. The molecule has 17 heteroatoms. The van der Waals surface area contributed by atoms with Crippen molar-refractivity contribution in [1.82, 2.24) is 15.6 Å². The van der Waals surface area contributed by atoms with E-state index in [4.69, 9.17) is 26.4 Å². The van der Waals surface area contributed by atoms with Gasteiger partial charge in [-0.15, -0.1) is 22.9 Å². The van der Waals surface area contributed by atoms with Crippen molar-refractivity contribution in [2.45, 2.75) is 44.6 Å². The molecule has 1 aliphatic heterocycles. The number of carbonyl (C=O) groups excluding carboxylic acids is 4. The highest BCUT2D eigenvalue weighted by Crippen LogP contribution is 2.20. The molecule has 1 aliphatic rings. The lowest BCUT2D eigenvalue weighted by Crippen LogP contribution is -2.69. The summed E-state index contributed by atoms with van der Waals surface area (Å²) < 4.78 is 5.24. The predicted molar refractivity (Wildman–Crippen MR) is 140 cm³/mol. The Bertz CT molecular complexity index is 1390. The van der Waals surface area contributed by atoms with Gasteiger partial charge in [0, 0.05) is 17.5 Å². The molecule has 2 atom stereocenters. The Hall–Kier alpha value is -4.62. The van der Waals surface area contributed by atoms with Crippen molar-refractivity contribution in [3.8, 4) is 6.07 Å². The summed E-state index contributed by atoms with van der Waals surface area (Å²) in [5, 5.41) is 32.4. The van der Waals surface area contributed by atoms with E-state index in [9.17, 15) is 29.3 Å². The molecule has 0 unspecified atom stereocenters. The first-order chi connectivity index (χ1) is 18.9. The molecule has 40 heavy (non-hydrogen) atoms. The molecule has 0 bridgehead atoms. The van der Waals surface area contributed by atoms with Crippen LogP contribution in [0.25, 0.3) is 0 Å². The second-order valence-corrected chi connectivity index (χ2v) is 9.81. The lowest BCUT2D eigenvalue weighted by molar-refractivity contribution is -0.384. The molecule has 2 aromatic rings. The quantitative estimate of drug-likeness (QED) is 0.0804. The van der Waals surface area contributed by atoms with Gasteiger partial charge in [0.25, 0.3) is 11.6 Å². The number of nitrogens with one attached hydrogen (secondary N) is 3. The molecule has 15 nitrogen and oxygen atoms in total. The average Bonchev–Trinajstić information content (AvgIpc) is 3.38. The van der Waals surface area contributed by atoms with Crippen molar-refractivity contribution in [2.24, 2.45) is 5.16 Å². The van der Waals surface area contributed by atoms with Crippen LogP contribution in [0.4, 0.5) is 10.8 Å². The van der Waals surface area contributed by atoms with Crippen LogP contribution in [-0.4, -0.2) is 62.9 Å². The van der Waals surface area contributed by atoms with Gasteiger partial charge >= 0.3 is 5.97 Å².